The van der Waals surface area contributed by atoms with E-state index in [2.05, 4.69) is 38.3 Å². The van der Waals surface area contributed by atoms with Gasteiger partial charge >= 0.3 is 0 Å². The molecule has 0 saturated carbocycles. The van der Waals surface area contributed by atoms with Gasteiger partial charge in [0, 0.05) is 25.2 Å². The van der Waals surface area contributed by atoms with Crippen molar-refractivity contribution in [3.8, 4) is 0 Å². The molecule has 0 aromatic carbocycles. The summed E-state index contributed by atoms with van der Waals surface area (Å²) in [4.78, 5) is 0. The number of aliphatic hydroxyl groups excluding tert-OH is 1. The Balaban J connectivity index is 3.48. The smallest absolute Gasteiger partial charge is 0.0788 e. The maximum Gasteiger partial charge on any atom is 0.0788 e. The topological polar surface area (TPSA) is 44.3 Å². The summed E-state index contributed by atoms with van der Waals surface area (Å²) < 4.78 is 0. The van der Waals surface area contributed by atoms with E-state index in [9.17, 15) is 5.11 Å². The second kappa shape index (κ2) is 17.7. The summed E-state index contributed by atoms with van der Waals surface area (Å²) in [5.74, 6) is 0. The number of unbranched alkanes of at least 4 members (excludes halogenated alkanes) is 8. The van der Waals surface area contributed by atoms with Gasteiger partial charge in [0.15, 0.2) is 0 Å². The minimum absolute atomic E-state index is 0.282. The molecule has 146 valence electrons. The predicted molar refractivity (Wildman–Crippen MR) is 108 cm³/mol. The maximum absolute atomic E-state index is 10.1. The number of rotatable bonds is 18. The van der Waals surface area contributed by atoms with E-state index >= 15 is 0 Å². The molecule has 2 atom stereocenters. The first-order valence-electron chi connectivity index (χ1n) is 10.7. The van der Waals surface area contributed by atoms with Crippen LogP contribution in [0, 0.1) is 0 Å². The highest BCUT2D eigenvalue weighted by molar-refractivity contribution is 4.70. The van der Waals surface area contributed by atoms with Gasteiger partial charge in [0.2, 0.25) is 0 Å². The van der Waals surface area contributed by atoms with E-state index in [1.165, 1.54) is 77.0 Å². The van der Waals surface area contributed by atoms with E-state index in [-0.39, 0.29) is 6.10 Å². The fraction of sp³-hybridized carbons (Fsp3) is 1.00. The number of nitrogens with one attached hydrogen (secondary N) is 2. The molecule has 0 aromatic heterocycles. The Labute approximate surface area is 152 Å². The van der Waals surface area contributed by atoms with Crippen LogP contribution < -0.4 is 10.6 Å². The zero-order chi connectivity index (χ0) is 18.0. The lowest BCUT2D eigenvalue weighted by atomic mass is 10.1. The first-order chi connectivity index (χ1) is 11.6. The fourth-order valence-electron chi connectivity index (χ4n) is 3.06. The van der Waals surface area contributed by atoms with Crippen molar-refractivity contribution >= 4 is 0 Å². The van der Waals surface area contributed by atoms with Gasteiger partial charge in [-0.1, -0.05) is 78.1 Å². The zero-order valence-corrected chi connectivity index (χ0v) is 17.1. The Kier molecular flexibility index (Phi) is 17.6. The molecule has 3 N–H and O–H groups in total. The van der Waals surface area contributed by atoms with Gasteiger partial charge in [-0.05, 0) is 26.7 Å². The van der Waals surface area contributed by atoms with Gasteiger partial charge in [-0.2, -0.15) is 0 Å². The summed E-state index contributed by atoms with van der Waals surface area (Å²) in [6.45, 7) is 10.4. The minimum atomic E-state index is -0.282. The van der Waals surface area contributed by atoms with Crippen molar-refractivity contribution in [2.24, 2.45) is 0 Å². The first-order valence-corrected chi connectivity index (χ1v) is 10.7. The standard InChI is InChI=1S/C21H46N2O/c1-5-7-9-11-13-15-19(3)22-17-21(24)18-23-20(4)16-14-12-10-8-6-2/h19-24H,5-18H2,1-4H3. The van der Waals surface area contributed by atoms with Crippen molar-refractivity contribution in [3.63, 3.8) is 0 Å². The molecule has 0 aromatic rings. The van der Waals surface area contributed by atoms with Crippen molar-refractivity contribution in [1.29, 1.82) is 0 Å². The highest BCUT2D eigenvalue weighted by Gasteiger charge is 2.09. The molecule has 0 aliphatic rings. The van der Waals surface area contributed by atoms with Gasteiger partial charge in [0.25, 0.3) is 0 Å². The summed E-state index contributed by atoms with van der Waals surface area (Å²) in [6, 6.07) is 1.02. The van der Waals surface area contributed by atoms with Crippen LogP contribution in [0.25, 0.3) is 0 Å². The minimum Gasteiger partial charge on any atom is -0.390 e. The SMILES string of the molecule is CCCCCCCC(C)NCC(O)CNC(C)CCCCCCC. The van der Waals surface area contributed by atoms with Crippen LogP contribution in [0.4, 0.5) is 0 Å². The average Bonchev–Trinajstić information content (AvgIpc) is 2.57. The van der Waals surface area contributed by atoms with Gasteiger partial charge in [-0.15, -0.1) is 0 Å². The highest BCUT2D eigenvalue weighted by Crippen LogP contribution is 2.08. The van der Waals surface area contributed by atoms with E-state index in [0.29, 0.717) is 25.2 Å². The van der Waals surface area contributed by atoms with E-state index in [1.54, 1.807) is 0 Å². The normalized spacial score (nSPS) is 15.4. The maximum atomic E-state index is 10.1. The molecule has 0 saturated heterocycles. The summed E-state index contributed by atoms with van der Waals surface area (Å²) in [6.07, 6.45) is 15.5. The van der Waals surface area contributed by atoms with Crippen molar-refractivity contribution in [2.75, 3.05) is 13.1 Å². The molecule has 24 heavy (non-hydrogen) atoms. The van der Waals surface area contributed by atoms with Crippen molar-refractivity contribution in [3.05, 3.63) is 0 Å². The molecule has 3 nitrogen and oxygen atoms in total. The van der Waals surface area contributed by atoms with Gasteiger partial charge in [-0.25, -0.2) is 0 Å². The van der Waals surface area contributed by atoms with Gasteiger partial charge in [0.05, 0.1) is 6.10 Å². The van der Waals surface area contributed by atoms with Crippen LogP contribution in [0.2, 0.25) is 0 Å². The molecule has 0 aliphatic heterocycles. The Morgan fingerprint density at radius 3 is 1.38 bits per heavy atom. The molecule has 0 heterocycles. The Bertz CT molecular complexity index is 224. The molecule has 0 aliphatic carbocycles. The second-order valence-corrected chi connectivity index (χ2v) is 7.68. The quantitative estimate of drug-likeness (QED) is 0.306. The van der Waals surface area contributed by atoms with Crippen LogP contribution in [0.1, 0.15) is 105 Å². The lowest BCUT2D eigenvalue weighted by molar-refractivity contribution is 0.159. The summed E-state index contributed by atoms with van der Waals surface area (Å²) in [5.41, 5.74) is 0. The molecular weight excluding hydrogens is 296 g/mol. The van der Waals surface area contributed by atoms with Gasteiger partial charge in [-0.3, -0.25) is 0 Å². The molecular formula is C21H46N2O. The molecule has 0 fully saturated rings. The molecule has 2 unspecified atom stereocenters. The third kappa shape index (κ3) is 16.7. The molecule has 0 rings (SSSR count). The summed E-state index contributed by atoms with van der Waals surface area (Å²) in [7, 11) is 0. The Morgan fingerprint density at radius 1 is 0.625 bits per heavy atom. The van der Waals surface area contributed by atoms with E-state index < -0.39 is 0 Å². The Morgan fingerprint density at radius 2 is 1.00 bits per heavy atom. The first kappa shape index (κ1) is 23.9. The third-order valence-corrected chi connectivity index (χ3v) is 4.89. The number of hydrogen-bond donors (Lipinski definition) is 3. The van der Waals surface area contributed by atoms with E-state index in [4.69, 9.17) is 0 Å². The average molecular weight is 343 g/mol. The molecule has 0 amide bonds. The van der Waals surface area contributed by atoms with Crippen molar-refractivity contribution < 1.29 is 5.11 Å². The zero-order valence-electron chi connectivity index (χ0n) is 17.1. The van der Waals surface area contributed by atoms with Crippen molar-refractivity contribution in [1.82, 2.24) is 10.6 Å². The summed E-state index contributed by atoms with van der Waals surface area (Å²) >= 11 is 0. The van der Waals surface area contributed by atoms with Crippen LogP contribution >= 0.6 is 0 Å². The lowest BCUT2D eigenvalue weighted by Crippen LogP contribution is -2.41. The van der Waals surface area contributed by atoms with Gasteiger partial charge < -0.3 is 15.7 Å². The van der Waals surface area contributed by atoms with Crippen LogP contribution in [0.5, 0.6) is 0 Å². The van der Waals surface area contributed by atoms with E-state index in [0.717, 1.165) is 0 Å². The molecule has 3 heteroatoms. The largest absolute Gasteiger partial charge is 0.390 e. The molecule has 0 bridgehead atoms. The molecule has 0 radical (unpaired) electrons. The number of aliphatic hydroxyl groups is 1. The molecule has 0 spiro atoms. The van der Waals surface area contributed by atoms with Crippen molar-refractivity contribution in [2.45, 2.75) is 123 Å². The third-order valence-electron chi connectivity index (χ3n) is 4.89. The number of hydrogen-bond acceptors (Lipinski definition) is 3. The Hall–Kier alpha value is -0.120. The monoisotopic (exact) mass is 342 g/mol. The fourth-order valence-corrected chi connectivity index (χ4v) is 3.06. The van der Waals surface area contributed by atoms with Crippen LogP contribution in [0.15, 0.2) is 0 Å². The summed E-state index contributed by atoms with van der Waals surface area (Å²) in [5, 5.41) is 17.1. The lowest BCUT2D eigenvalue weighted by Gasteiger charge is -2.20. The second-order valence-electron chi connectivity index (χ2n) is 7.68. The van der Waals surface area contributed by atoms with Crippen LogP contribution in [-0.2, 0) is 0 Å². The predicted octanol–water partition coefficient (Wildman–Crippen LogP) is 5.02. The van der Waals surface area contributed by atoms with Gasteiger partial charge in [0.1, 0.15) is 0 Å². The van der Waals surface area contributed by atoms with Crippen LogP contribution in [0.3, 0.4) is 0 Å². The highest BCUT2D eigenvalue weighted by atomic mass is 16.3. The van der Waals surface area contributed by atoms with Crippen LogP contribution in [-0.4, -0.2) is 36.4 Å². The van der Waals surface area contributed by atoms with E-state index in [1.807, 2.05) is 0 Å².